The van der Waals surface area contributed by atoms with Crippen LogP contribution in [0, 0.1) is 0 Å². The number of hydrogen-bond donors (Lipinski definition) is 1. The molecule has 1 aliphatic carbocycles. The normalized spacial score (nSPS) is 16.4. The molecular formula is C32H25NO4. The van der Waals surface area contributed by atoms with Gasteiger partial charge in [0.1, 0.15) is 12.4 Å². The van der Waals surface area contributed by atoms with E-state index in [9.17, 15) is 9.59 Å². The van der Waals surface area contributed by atoms with Crippen molar-refractivity contribution in [2.45, 2.75) is 19.4 Å². The van der Waals surface area contributed by atoms with Crippen LogP contribution in [-0.4, -0.2) is 18.9 Å². The van der Waals surface area contributed by atoms with Gasteiger partial charge in [-0.2, -0.15) is 0 Å². The van der Waals surface area contributed by atoms with Gasteiger partial charge in [-0.05, 0) is 29.3 Å². The number of carbonyl (C=O) groups excluding carboxylic acids is 2. The molecule has 0 saturated heterocycles. The van der Waals surface area contributed by atoms with Crippen molar-refractivity contribution in [1.82, 2.24) is 5.32 Å². The lowest BCUT2D eigenvalue weighted by molar-refractivity contribution is -0.136. The smallest absolute Gasteiger partial charge is 0.336 e. The van der Waals surface area contributed by atoms with Crippen molar-refractivity contribution < 1.29 is 19.1 Å². The molecule has 182 valence electrons. The standard InChI is InChI=1S/C32H25NO4/c1-19-27(32(35)36-2)28(29-30(33-19)23-14-5-6-15-24(23)31(29)34)25-16-7-8-17-26(25)37-18-21-12-9-11-20-10-3-4-13-22(20)21/h3-17,28,33H,18H2,1-2H3/t28-/m1/s1. The molecule has 1 heterocycles. The zero-order chi connectivity index (χ0) is 25.5. The third-order valence-electron chi connectivity index (χ3n) is 7.15. The van der Waals surface area contributed by atoms with E-state index in [1.54, 1.807) is 0 Å². The number of nitrogens with one attached hydrogen (secondary N) is 1. The largest absolute Gasteiger partial charge is 0.489 e. The van der Waals surface area contributed by atoms with Gasteiger partial charge < -0.3 is 14.8 Å². The summed E-state index contributed by atoms with van der Waals surface area (Å²) in [5.74, 6) is -0.588. The van der Waals surface area contributed by atoms with E-state index in [0.29, 0.717) is 34.8 Å². The molecule has 0 unspecified atom stereocenters. The van der Waals surface area contributed by atoms with Gasteiger partial charge in [0.2, 0.25) is 0 Å². The summed E-state index contributed by atoms with van der Waals surface area (Å²) in [6, 6.07) is 29.5. The van der Waals surface area contributed by atoms with Crippen molar-refractivity contribution in [3.8, 4) is 5.75 Å². The first-order chi connectivity index (χ1) is 18.1. The van der Waals surface area contributed by atoms with Gasteiger partial charge in [0.15, 0.2) is 5.78 Å². The first kappa shape index (κ1) is 22.8. The number of ether oxygens (including phenoxy) is 2. The van der Waals surface area contributed by atoms with Gasteiger partial charge in [-0.15, -0.1) is 0 Å². The number of Topliss-reactive ketones (excluding diaryl/α,β-unsaturated/α-hetero) is 1. The summed E-state index contributed by atoms with van der Waals surface area (Å²) in [4.78, 5) is 26.8. The zero-order valence-corrected chi connectivity index (χ0v) is 20.6. The van der Waals surface area contributed by atoms with Gasteiger partial charge in [-0.25, -0.2) is 4.79 Å². The predicted octanol–water partition coefficient (Wildman–Crippen LogP) is 6.16. The minimum atomic E-state index is -0.632. The Morgan fingerprint density at radius 1 is 0.865 bits per heavy atom. The Kier molecular flexibility index (Phi) is 5.61. The topological polar surface area (TPSA) is 64.6 Å². The van der Waals surface area contributed by atoms with E-state index in [1.807, 2.05) is 73.7 Å². The van der Waals surface area contributed by atoms with E-state index >= 15 is 0 Å². The Labute approximate surface area is 215 Å². The number of benzene rings is 4. The van der Waals surface area contributed by atoms with Crippen LogP contribution in [-0.2, 0) is 16.1 Å². The van der Waals surface area contributed by atoms with Crippen molar-refractivity contribution in [3.05, 3.63) is 130 Å². The Balaban J connectivity index is 1.46. The maximum absolute atomic E-state index is 13.7. The zero-order valence-electron chi connectivity index (χ0n) is 20.6. The first-order valence-corrected chi connectivity index (χ1v) is 12.2. The lowest BCUT2D eigenvalue weighted by Gasteiger charge is -2.30. The first-order valence-electron chi connectivity index (χ1n) is 12.2. The number of fused-ring (bicyclic) bond motifs is 3. The summed E-state index contributed by atoms with van der Waals surface area (Å²) < 4.78 is 11.6. The molecule has 5 nitrogen and oxygen atoms in total. The van der Waals surface area contributed by atoms with Crippen LogP contribution >= 0.6 is 0 Å². The summed E-state index contributed by atoms with van der Waals surface area (Å²) in [5.41, 5.74) is 5.60. The average molecular weight is 488 g/mol. The highest BCUT2D eigenvalue weighted by molar-refractivity contribution is 6.23. The van der Waals surface area contributed by atoms with Crippen LogP contribution in [0.5, 0.6) is 5.75 Å². The van der Waals surface area contributed by atoms with Gasteiger partial charge in [0.05, 0.1) is 24.3 Å². The van der Waals surface area contributed by atoms with Crippen molar-refractivity contribution >= 4 is 28.2 Å². The quantitative estimate of drug-likeness (QED) is 0.342. The lowest BCUT2D eigenvalue weighted by atomic mass is 9.79. The summed E-state index contributed by atoms with van der Waals surface area (Å²) >= 11 is 0. The molecule has 1 atom stereocenters. The summed E-state index contributed by atoms with van der Waals surface area (Å²) in [5, 5.41) is 5.60. The summed E-state index contributed by atoms with van der Waals surface area (Å²) in [6.45, 7) is 2.19. The second-order valence-corrected chi connectivity index (χ2v) is 9.22. The number of rotatable bonds is 5. The molecule has 0 amide bonds. The van der Waals surface area contributed by atoms with E-state index < -0.39 is 11.9 Å². The molecular weight excluding hydrogens is 462 g/mol. The molecule has 1 N–H and O–H groups in total. The number of methoxy groups -OCH3 is 1. The van der Waals surface area contributed by atoms with E-state index in [4.69, 9.17) is 9.47 Å². The van der Waals surface area contributed by atoms with Gasteiger partial charge >= 0.3 is 5.97 Å². The highest BCUT2D eigenvalue weighted by Gasteiger charge is 2.43. The van der Waals surface area contributed by atoms with Crippen molar-refractivity contribution in [2.24, 2.45) is 0 Å². The number of allylic oxidation sites excluding steroid dienone is 2. The lowest BCUT2D eigenvalue weighted by Crippen LogP contribution is -2.29. The van der Waals surface area contributed by atoms with E-state index in [2.05, 4.69) is 29.6 Å². The minimum Gasteiger partial charge on any atom is -0.489 e. The predicted molar refractivity (Wildman–Crippen MR) is 143 cm³/mol. The van der Waals surface area contributed by atoms with Crippen LogP contribution in [0.2, 0.25) is 0 Å². The maximum Gasteiger partial charge on any atom is 0.336 e. The van der Waals surface area contributed by atoms with Crippen molar-refractivity contribution in [3.63, 3.8) is 0 Å². The fourth-order valence-electron chi connectivity index (χ4n) is 5.44. The summed E-state index contributed by atoms with van der Waals surface area (Å²) in [6.07, 6.45) is 0. The summed E-state index contributed by atoms with van der Waals surface area (Å²) in [7, 11) is 1.36. The van der Waals surface area contributed by atoms with Crippen LogP contribution in [0.1, 0.15) is 39.9 Å². The van der Waals surface area contributed by atoms with Crippen molar-refractivity contribution in [2.75, 3.05) is 7.11 Å². The van der Waals surface area contributed by atoms with Gasteiger partial charge in [-0.1, -0.05) is 84.9 Å². The Hall–Kier alpha value is -4.64. The molecule has 4 aromatic rings. The molecule has 0 radical (unpaired) electrons. The second kappa shape index (κ2) is 9.10. The van der Waals surface area contributed by atoms with Gasteiger partial charge in [-0.3, -0.25) is 4.79 Å². The molecule has 0 fully saturated rings. The number of dihydropyridines is 1. The molecule has 5 heteroatoms. The third kappa shape index (κ3) is 3.71. The molecule has 2 aliphatic rings. The monoisotopic (exact) mass is 487 g/mol. The van der Waals surface area contributed by atoms with Crippen molar-refractivity contribution in [1.29, 1.82) is 0 Å². The molecule has 1 aliphatic heterocycles. The fourth-order valence-corrected chi connectivity index (χ4v) is 5.44. The molecule has 0 aromatic heterocycles. The van der Waals surface area contributed by atoms with Crippen LogP contribution < -0.4 is 10.1 Å². The highest BCUT2D eigenvalue weighted by Crippen LogP contribution is 2.48. The number of hydrogen-bond acceptors (Lipinski definition) is 5. The number of carbonyl (C=O) groups is 2. The van der Waals surface area contributed by atoms with E-state index in [1.165, 1.54) is 7.11 Å². The molecule has 4 aromatic carbocycles. The number of para-hydroxylation sites is 1. The van der Waals surface area contributed by atoms with Crippen LogP contribution in [0.25, 0.3) is 16.5 Å². The van der Waals surface area contributed by atoms with Crippen LogP contribution in [0.3, 0.4) is 0 Å². The molecule has 37 heavy (non-hydrogen) atoms. The maximum atomic E-state index is 13.7. The fraction of sp³-hybridized carbons (Fsp3) is 0.125. The van der Waals surface area contributed by atoms with Gasteiger partial charge in [0.25, 0.3) is 0 Å². The Morgan fingerprint density at radius 3 is 2.41 bits per heavy atom. The van der Waals surface area contributed by atoms with E-state index in [-0.39, 0.29) is 5.78 Å². The molecule has 0 spiro atoms. The second-order valence-electron chi connectivity index (χ2n) is 9.22. The van der Waals surface area contributed by atoms with Crippen LogP contribution in [0.4, 0.5) is 0 Å². The molecule has 0 saturated carbocycles. The van der Waals surface area contributed by atoms with Crippen LogP contribution in [0.15, 0.2) is 108 Å². The number of esters is 1. The number of ketones is 1. The average Bonchev–Trinajstić information content (AvgIpc) is 3.22. The minimum absolute atomic E-state index is 0.0964. The Morgan fingerprint density at radius 2 is 1.57 bits per heavy atom. The highest BCUT2D eigenvalue weighted by atomic mass is 16.5. The Bertz CT molecular complexity index is 1640. The molecule has 0 bridgehead atoms. The molecule has 6 rings (SSSR count). The van der Waals surface area contributed by atoms with Gasteiger partial charge in [0, 0.05) is 28.0 Å². The van der Waals surface area contributed by atoms with E-state index in [0.717, 1.165) is 33.2 Å². The SMILES string of the molecule is COC(=O)C1=C(C)NC2=C(C(=O)c3ccccc32)[C@@H]1c1ccccc1OCc1cccc2ccccc12. The third-order valence-corrected chi connectivity index (χ3v) is 7.15.